The van der Waals surface area contributed by atoms with Gasteiger partial charge in [0.05, 0.1) is 16.4 Å². The van der Waals surface area contributed by atoms with Crippen LogP contribution in [0.5, 0.6) is 0 Å². The molecule has 0 amide bonds. The summed E-state index contributed by atoms with van der Waals surface area (Å²) in [6.07, 6.45) is 4.51. The zero-order valence-electron chi connectivity index (χ0n) is 15.8. The first-order chi connectivity index (χ1) is 13.5. The van der Waals surface area contributed by atoms with Crippen LogP contribution in [0.3, 0.4) is 0 Å². The zero-order chi connectivity index (χ0) is 19.9. The maximum atomic E-state index is 6.37. The zero-order valence-corrected chi connectivity index (χ0v) is 18.7. The van der Waals surface area contributed by atoms with Crippen molar-refractivity contribution < 1.29 is 0 Å². The number of rotatable bonds is 8. The van der Waals surface area contributed by atoms with E-state index < -0.39 is 0 Å². The van der Waals surface area contributed by atoms with Gasteiger partial charge in [-0.1, -0.05) is 11.6 Å². The summed E-state index contributed by atoms with van der Waals surface area (Å²) in [5.74, 6) is 1.26. The summed E-state index contributed by atoms with van der Waals surface area (Å²) < 4.78 is 1.08. The third-order valence-electron chi connectivity index (χ3n) is 3.96. The van der Waals surface area contributed by atoms with E-state index in [0.29, 0.717) is 16.8 Å². The number of pyridine rings is 1. The highest BCUT2D eigenvalue weighted by atomic mass is 127. The SMILES string of the molecule is CN(C)CCCNc1nc(Nc2ccc(I)cc2Cl)cc(-c2ccncc2)n1. The number of aromatic nitrogens is 3. The fourth-order valence-electron chi connectivity index (χ4n) is 2.59. The largest absolute Gasteiger partial charge is 0.354 e. The molecular weight excluding hydrogens is 487 g/mol. The van der Waals surface area contributed by atoms with Crippen molar-refractivity contribution in [3.63, 3.8) is 0 Å². The Morgan fingerprint density at radius 3 is 2.57 bits per heavy atom. The van der Waals surface area contributed by atoms with E-state index in [0.717, 1.165) is 40.0 Å². The van der Waals surface area contributed by atoms with Crippen molar-refractivity contribution in [3.05, 3.63) is 57.4 Å². The lowest BCUT2D eigenvalue weighted by atomic mass is 10.2. The van der Waals surface area contributed by atoms with Crippen LogP contribution in [0.4, 0.5) is 17.5 Å². The quantitative estimate of drug-likeness (QED) is 0.333. The summed E-state index contributed by atoms with van der Waals surface area (Å²) in [4.78, 5) is 15.5. The van der Waals surface area contributed by atoms with E-state index in [2.05, 4.69) is 67.2 Å². The number of anilines is 3. The van der Waals surface area contributed by atoms with Gasteiger partial charge in [-0.3, -0.25) is 4.98 Å². The molecule has 8 heteroatoms. The van der Waals surface area contributed by atoms with Gasteiger partial charge in [0.2, 0.25) is 5.95 Å². The molecule has 0 fully saturated rings. The van der Waals surface area contributed by atoms with Crippen molar-refractivity contribution >= 4 is 51.6 Å². The van der Waals surface area contributed by atoms with Crippen LogP contribution in [0, 0.1) is 3.57 Å². The second-order valence-electron chi connectivity index (χ2n) is 6.53. The standard InChI is InChI=1S/C20H22ClIN6/c1-28(2)11-3-8-24-20-26-18(14-6-9-23-10-7-14)13-19(27-20)25-17-5-4-15(22)12-16(17)21/h4-7,9-10,12-13H,3,8,11H2,1-2H3,(H2,24,25,26,27). The summed E-state index contributed by atoms with van der Waals surface area (Å²) in [6.45, 7) is 1.79. The minimum atomic E-state index is 0.581. The lowest BCUT2D eigenvalue weighted by Crippen LogP contribution is -2.17. The van der Waals surface area contributed by atoms with E-state index in [-0.39, 0.29) is 0 Å². The highest BCUT2D eigenvalue weighted by Crippen LogP contribution is 2.28. The lowest BCUT2D eigenvalue weighted by molar-refractivity contribution is 0.405. The number of halogens is 2. The van der Waals surface area contributed by atoms with Gasteiger partial charge in [-0.05, 0) is 80.0 Å². The highest BCUT2D eigenvalue weighted by molar-refractivity contribution is 14.1. The van der Waals surface area contributed by atoms with Crippen molar-refractivity contribution in [3.8, 4) is 11.3 Å². The Balaban J connectivity index is 1.86. The molecule has 0 unspecified atom stereocenters. The van der Waals surface area contributed by atoms with Crippen LogP contribution in [-0.4, -0.2) is 47.0 Å². The molecule has 0 aliphatic carbocycles. The molecule has 2 N–H and O–H groups in total. The number of benzene rings is 1. The molecule has 0 bridgehead atoms. The molecule has 0 aliphatic heterocycles. The molecule has 0 radical (unpaired) electrons. The van der Waals surface area contributed by atoms with Crippen LogP contribution in [0.25, 0.3) is 11.3 Å². The van der Waals surface area contributed by atoms with Crippen LogP contribution in [0.15, 0.2) is 48.8 Å². The van der Waals surface area contributed by atoms with Gasteiger partial charge in [-0.15, -0.1) is 0 Å². The topological polar surface area (TPSA) is 66.0 Å². The first-order valence-corrected chi connectivity index (χ1v) is 10.4. The molecule has 2 heterocycles. The maximum Gasteiger partial charge on any atom is 0.225 e. The summed E-state index contributed by atoms with van der Waals surface area (Å²) >= 11 is 8.61. The van der Waals surface area contributed by atoms with E-state index in [9.17, 15) is 0 Å². The summed E-state index contributed by atoms with van der Waals surface area (Å²) in [7, 11) is 4.13. The van der Waals surface area contributed by atoms with Crippen LogP contribution in [-0.2, 0) is 0 Å². The summed E-state index contributed by atoms with van der Waals surface area (Å²) in [5.41, 5.74) is 2.60. The fourth-order valence-corrected chi connectivity index (χ4v) is 3.49. The summed E-state index contributed by atoms with van der Waals surface area (Å²) in [5, 5.41) is 7.28. The normalized spacial score (nSPS) is 10.9. The van der Waals surface area contributed by atoms with Crippen LogP contribution in [0.2, 0.25) is 5.02 Å². The van der Waals surface area contributed by atoms with Crippen molar-refractivity contribution in [2.75, 3.05) is 37.8 Å². The third kappa shape index (κ3) is 6.02. The third-order valence-corrected chi connectivity index (χ3v) is 4.95. The van der Waals surface area contributed by atoms with E-state index in [1.807, 2.05) is 36.4 Å². The molecule has 146 valence electrons. The van der Waals surface area contributed by atoms with E-state index >= 15 is 0 Å². The van der Waals surface area contributed by atoms with Crippen molar-refractivity contribution in [1.82, 2.24) is 19.9 Å². The van der Waals surface area contributed by atoms with Crippen LogP contribution in [0.1, 0.15) is 6.42 Å². The van der Waals surface area contributed by atoms with Crippen molar-refractivity contribution in [2.45, 2.75) is 6.42 Å². The van der Waals surface area contributed by atoms with Crippen LogP contribution < -0.4 is 10.6 Å². The minimum absolute atomic E-state index is 0.581. The molecule has 0 atom stereocenters. The molecule has 3 rings (SSSR count). The van der Waals surface area contributed by atoms with Crippen LogP contribution >= 0.6 is 34.2 Å². The van der Waals surface area contributed by atoms with Crippen molar-refractivity contribution in [2.24, 2.45) is 0 Å². The maximum absolute atomic E-state index is 6.37. The van der Waals surface area contributed by atoms with Crippen molar-refractivity contribution in [1.29, 1.82) is 0 Å². The van der Waals surface area contributed by atoms with Gasteiger partial charge in [-0.25, -0.2) is 4.98 Å². The minimum Gasteiger partial charge on any atom is -0.354 e. The van der Waals surface area contributed by atoms with E-state index in [4.69, 9.17) is 11.6 Å². The molecule has 28 heavy (non-hydrogen) atoms. The molecule has 1 aromatic carbocycles. The van der Waals surface area contributed by atoms with E-state index in [1.54, 1.807) is 12.4 Å². The first-order valence-electron chi connectivity index (χ1n) is 8.91. The predicted octanol–water partition coefficient (Wildman–Crippen LogP) is 4.90. The Kier molecular flexibility index (Phi) is 7.41. The summed E-state index contributed by atoms with van der Waals surface area (Å²) in [6, 6.07) is 11.6. The Morgan fingerprint density at radius 1 is 1.07 bits per heavy atom. The average molecular weight is 509 g/mol. The van der Waals surface area contributed by atoms with Gasteiger partial charge in [0.15, 0.2) is 0 Å². The van der Waals surface area contributed by atoms with Gasteiger partial charge in [0, 0.05) is 34.1 Å². The van der Waals surface area contributed by atoms with Gasteiger partial charge in [0.1, 0.15) is 5.82 Å². The molecule has 0 spiro atoms. The second kappa shape index (κ2) is 9.99. The molecule has 0 aliphatic rings. The lowest BCUT2D eigenvalue weighted by Gasteiger charge is -2.13. The fraction of sp³-hybridized carbons (Fsp3) is 0.250. The number of nitrogens with one attached hydrogen (secondary N) is 2. The Morgan fingerprint density at radius 2 is 1.86 bits per heavy atom. The average Bonchev–Trinajstić information content (AvgIpc) is 2.68. The molecule has 2 aromatic heterocycles. The molecule has 6 nitrogen and oxygen atoms in total. The molecule has 0 saturated carbocycles. The molecule has 3 aromatic rings. The van der Waals surface area contributed by atoms with Gasteiger partial charge in [0.25, 0.3) is 0 Å². The molecule has 0 saturated heterocycles. The Bertz CT molecular complexity index is 920. The second-order valence-corrected chi connectivity index (χ2v) is 8.18. The number of hydrogen-bond donors (Lipinski definition) is 2. The number of hydrogen-bond acceptors (Lipinski definition) is 6. The Hall–Kier alpha value is -1.97. The highest BCUT2D eigenvalue weighted by Gasteiger charge is 2.09. The predicted molar refractivity (Wildman–Crippen MR) is 124 cm³/mol. The molecular formula is C20H22ClIN6. The van der Waals surface area contributed by atoms with Gasteiger partial charge in [-0.2, -0.15) is 4.98 Å². The van der Waals surface area contributed by atoms with Gasteiger partial charge >= 0.3 is 0 Å². The monoisotopic (exact) mass is 508 g/mol. The number of nitrogens with zero attached hydrogens (tertiary/aromatic N) is 4. The Labute approximate surface area is 183 Å². The smallest absolute Gasteiger partial charge is 0.225 e. The van der Waals surface area contributed by atoms with E-state index in [1.165, 1.54) is 0 Å². The first kappa shape index (κ1) is 20.8. The van der Waals surface area contributed by atoms with Gasteiger partial charge < -0.3 is 15.5 Å².